The van der Waals surface area contributed by atoms with Crippen molar-refractivity contribution in [3.8, 4) is 0 Å². The van der Waals surface area contributed by atoms with E-state index in [4.69, 9.17) is 17.1 Å². The Labute approximate surface area is 100 Å². The second-order valence-electron chi connectivity index (χ2n) is 3.08. The quantitative estimate of drug-likeness (QED) is 0.652. The fourth-order valence-corrected chi connectivity index (χ4v) is 2.05. The summed E-state index contributed by atoms with van der Waals surface area (Å²) in [4.78, 5) is 4.07. The molecule has 0 fully saturated rings. The normalized spacial score (nSPS) is 10.5. The van der Waals surface area contributed by atoms with Crippen LogP contribution in [0.15, 0.2) is 34.0 Å². The second kappa shape index (κ2) is 4.24. The molecular weight excluding hydrogens is 277 g/mol. The Balaban J connectivity index is 2.75. The molecule has 76 valence electrons. The highest BCUT2D eigenvalue weighted by Gasteiger charge is 2.07. The van der Waals surface area contributed by atoms with Crippen LogP contribution in [0.1, 0.15) is 5.56 Å². The summed E-state index contributed by atoms with van der Waals surface area (Å²) in [5, 5.41) is 5.76. The molecule has 2 aromatic rings. The highest BCUT2D eigenvalue weighted by atomic mass is 79.9. The van der Waals surface area contributed by atoms with E-state index in [1.54, 1.807) is 6.20 Å². The number of pyridine rings is 1. The summed E-state index contributed by atoms with van der Waals surface area (Å²) in [5.74, 6) is 0. The molecular formula is C10H7BrClN3. The molecule has 0 atom stereocenters. The van der Waals surface area contributed by atoms with E-state index < -0.39 is 0 Å². The van der Waals surface area contributed by atoms with Gasteiger partial charge in [-0.25, -0.2) is 10.5 Å². The van der Waals surface area contributed by atoms with Gasteiger partial charge in [0.05, 0.1) is 6.54 Å². The highest BCUT2D eigenvalue weighted by molar-refractivity contribution is 9.10. The first-order chi connectivity index (χ1) is 7.22. The van der Waals surface area contributed by atoms with Gasteiger partial charge in [0.15, 0.2) is 0 Å². The van der Waals surface area contributed by atoms with Crippen molar-refractivity contribution in [2.75, 3.05) is 0 Å². The lowest BCUT2D eigenvalue weighted by Gasteiger charge is -2.05. The third-order valence-corrected chi connectivity index (χ3v) is 2.96. The van der Waals surface area contributed by atoms with Gasteiger partial charge in [0.2, 0.25) is 0 Å². The van der Waals surface area contributed by atoms with Gasteiger partial charge in [0, 0.05) is 21.6 Å². The van der Waals surface area contributed by atoms with Crippen LogP contribution >= 0.6 is 27.5 Å². The number of rotatable bonds is 2. The maximum absolute atomic E-state index is 6.88. The van der Waals surface area contributed by atoms with E-state index >= 15 is 0 Å². The van der Waals surface area contributed by atoms with Gasteiger partial charge in [-0.2, -0.15) is 5.11 Å². The Morgan fingerprint density at radius 1 is 1.47 bits per heavy atom. The van der Waals surface area contributed by atoms with Crippen molar-refractivity contribution in [2.45, 2.75) is 6.54 Å². The average molecular weight is 285 g/mol. The van der Waals surface area contributed by atoms with Crippen molar-refractivity contribution in [1.82, 2.24) is 4.98 Å². The summed E-state index contributed by atoms with van der Waals surface area (Å²) >= 11 is 9.35. The fraction of sp³-hybridized carbons (Fsp3) is 0.100. The summed E-state index contributed by atoms with van der Waals surface area (Å²) in [5.41, 5.74) is 7.69. The van der Waals surface area contributed by atoms with Crippen LogP contribution < -0.4 is 0 Å². The van der Waals surface area contributed by atoms with E-state index in [-0.39, 0.29) is 6.54 Å². The Morgan fingerprint density at radius 2 is 2.27 bits per heavy atom. The van der Waals surface area contributed by atoms with E-state index in [9.17, 15) is 0 Å². The molecule has 2 rings (SSSR count). The topological polar surface area (TPSA) is 49.1 Å². The number of benzene rings is 1. The summed E-state index contributed by atoms with van der Waals surface area (Å²) < 4.78 is 0.993. The molecule has 1 heterocycles. The van der Waals surface area contributed by atoms with Crippen LogP contribution in [-0.2, 0) is 6.54 Å². The number of aromatic nitrogens is 1. The molecule has 0 spiro atoms. The van der Waals surface area contributed by atoms with Crippen LogP contribution in [0.5, 0.6) is 0 Å². The minimum atomic E-state index is 0.269. The van der Waals surface area contributed by atoms with E-state index in [1.807, 2.05) is 18.2 Å². The largest absolute Gasteiger partial charge is 0.244 e. The molecule has 3 nitrogen and oxygen atoms in total. The molecule has 0 aliphatic rings. The van der Waals surface area contributed by atoms with Crippen molar-refractivity contribution in [3.63, 3.8) is 0 Å². The van der Waals surface area contributed by atoms with Crippen molar-refractivity contribution in [3.05, 3.63) is 39.6 Å². The first-order valence-corrected chi connectivity index (χ1v) is 5.45. The summed E-state index contributed by atoms with van der Waals surface area (Å²) in [6.07, 6.45) is 1.72. The standard InChI is InChI=1S/C10H7BrClN3/c11-7-1-2-8-6(3-7)4-14-10(12)9(8)5-15-13/h1-4,13H,5H2. The summed E-state index contributed by atoms with van der Waals surface area (Å²) in [6.45, 7) is 0.269. The first-order valence-electron chi connectivity index (χ1n) is 4.28. The molecule has 1 aromatic heterocycles. The van der Waals surface area contributed by atoms with E-state index in [0.717, 1.165) is 20.8 Å². The average Bonchev–Trinajstić information content (AvgIpc) is 2.22. The van der Waals surface area contributed by atoms with E-state index in [1.165, 1.54) is 0 Å². The number of nitrogens with one attached hydrogen (secondary N) is 1. The molecule has 0 aliphatic carbocycles. The number of hydrogen-bond acceptors (Lipinski definition) is 3. The van der Waals surface area contributed by atoms with Crippen LogP contribution in [0.3, 0.4) is 0 Å². The molecule has 0 aliphatic heterocycles. The van der Waals surface area contributed by atoms with Crippen LogP contribution in [0.2, 0.25) is 5.15 Å². The zero-order valence-corrected chi connectivity index (χ0v) is 10.0. The first kappa shape index (κ1) is 10.5. The number of nitrogens with zero attached hydrogens (tertiary/aromatic N) is 2. The molecule has 0 saturated carbocycles. The van der Waals surface area contributed by atoms with Crippen molar-refractivity contribution in [1.29, 1.82) is 5.53 Å². The van der Waals surface area contributed by atoms with E-state index in [2.05, 4.69) is 26.0 Å². The number of hydrogen-bond donors (Lipinski definition) is 1. The predicted molar refractivity (Wildman–Crippen MR) is 63.3 cm³/mol. The predicted octanol–water partition coefficient (Wildman–Crippen LogP) is 4.18. The van der Waals surface area contributed by atoms with Crippen LogP contribution in [0.25, 0.3) is 10.8 Å². The Morgan fingerprint density at radius 3 is 3.00 bits per heavy atom. The lowest BCUT2D eigenvalue weighted by Crippen LogP contribution is -1.89. The Kier molecular flexibility index (Phi) is 2.98. The van der Waals surface area contributed by atoms with Gasteiger partial charge in [0.1, 0.15) is 5.15 Å². The zero-order valence-electron chi connectivity index (χ0n) is 7.67. The molecule has 0 radical (unpaired) electrons. The van der Waals surface area contributed by atoms with E-state index in [0.29, 0.717) is 5.15 Å². The van der Waals surface area contributed by atoms with Gasteiger partial charge in [0.25, 0.3) is 0 Å². The third kappa shape index (κ3) is 2.01. The van der Waals surface area contributed by atoms with Crippen LogP contribution in [0, 0.1) is 5.53 Å². The maximum atomic E-state index is 6.88. The molecule has 5 heteroatoms. The maximum Gasteiger partial charge on any atom is 0.134 e. The third-order valence-electron chi connectivity index (χ3n) is 2.14. The molecule has 1 N–H and O–H groups in total. The highest BCUT2D eigenvalue weighted by Crippen LogP contribution is 2.27. The number of halogens is 2. The zero-order chi connectivity index (χ0) is 10.8. The second-order valence-corrected chi connectivity index (χ2v) is 4.35. The monoisotopic (exact) mass is 283 g/mol. The molecule has 0 amide bonds. The van der Waals surface area contributed by atoms with Crippen LogP contribution in [0.4, 0.5) is 0 Å². The number of fused-ring (bicyclic) bond motifs is 1. The lowest BCUT2D eigenvalue weighted by molar-refractivity contribution is 0.909. The lowest BCUT2D eigenvalue weighted by atomic mass is 10.1. The van der Waals surface area contributed by atoms with Crippen molar-refractivity contribution in [2.24, 2.45) is 5.11 Å². The summed E-state index contributed by atoms with van der Waals surface area (Å²) in [7, 11) is 0. The van der Waals surface area contributed by atoms with Gasteiger partial charge in [-0.15, -0.1) is 0 Å². The van der Waals surface area contributed by atoms with Gasteiger partial charge in [-0.1, -0.05) is 33.6 Å². The van der Waals surface area contributed by atoms with Crippen LogP contribution in [-0.4, -0.2) is 4.98 Å². The Bertz CT molecular complexity index is 527. The molecule has 0 bridgehead atoms. The Hall–Kier alpha value is -1.00. The minimum absolute atomic E-state index is 0.269. The van der Waals surface area contributed by atoms with Gasteiger partial charge >= 0.3 is 0 Å². The van der Waals surface area contributed by atoms with Gasteiger partial charge in [-0.05, 0) is 17.5 Å². The molecule has 1 aromatic carbocycles. The SMILES string of the molecule is N=NCc1c(Cl)ncc2cc(Br)ccc12. The van der Waals surface area contributed by atoms with Crippen molar-refractivity contribution < 1.29 is 0 Å². The van der Waals surface area contributed by atoms with Gasteiger partial charge < -0.3 is 0 Å². The van der Waals surface area contributed by atoms with Gasteiger partial charge in [-0.3, -0.25) is 0 Å². The fourth-order valence-electron chi connectivity index (χ4n) is 1.46. The van der Waals surface area contributed by atoms with Crippen molar-refractivity contribution >= 4 is 38.3 Å². The minimum Gasteiger partial charge on any atom is -0.244 e. The molecule has 0 unspecified atom stereocenters. The smallest absolute Gasteiger partial charge is 0.134 e. The molecule has 0 saturated heterocycles. The summed E-state index contributed by atoms with van der Waals surface area (Å²) in [6, 6.07) is 5.85. The molecule has 15 heavy (non-hydrogen) atoms.